The Kier molecular flexibility index (Phi) is 4.76. The number of likely N-dealkylation sites (tertiary alicyclic amines) is 1. The van der Waals surface area contributed by atoms with E-state index in [0.29, 0.717) is 22.4 Å². The van der Waals surface area contributed by atoms with Crippen molar-refractivity contribution in [3.63, 3.8) is 0 Å². The number of aliphatic hydroxyl groups excluding tert-OH is 1. The van der Waals surface area contributed by atoms with Crippen molar-refractivity contribution < 1.29 is 9.90 Å². The number of nitrogens with zero attached hydrogens (tertiary/aromatic N) is 2. The monoisotopic (exact) mass is 304 g/mol. The second-order valence-corrected chi connectivity index (χ2v) is 5.68. The summed E-state index contributed by atoms with van der Waals surface area (Å²) < 4.78 is 1.59. The van der Waals surface area contributed by atoms with Crippen molar-refractivity contribution in [2.75, 3.05) is 13.2 Å². The van der Waals surface area contributed by atoms with Gasteiger partial charge in [0.25, 0.3) is 5.91 Å². The first kappa shape index (κ1) is 14.7. The molecule has 0 bridgehead atoms. The highest BCUT2D eigenvalue weighted by atomic mass is 35.5. The van der Waals surface area contributed by atoms with Gasteiger partial charge in [0.05, 0.1) is 17.7 Å². The van der Waals surface area contributed by atoms with E-state index < -0.39 is 0 Å². The van der Waals surface area contributed by atoms with E-state index >= 15 is 0 Å². The van der Waals surface area contributed by atoms with Gasteiger partial charge in [-0.05, 0) is 18.9 Å². The first-order valence-corrected chi connectivity index (χ1v) is 7.24. The van der Waals surface area contributed by atoms with Crippen LogP contribution >= 0.6 is 23.2 Å². The average molecular weight is 305 g/mol. The Balaban J connectivity index is 2.28. The van der Waals surface area contributed by atoms with Crippen molar-refractivity contribution >= 4 is 29.1 Å². The fraction of sp³-hybridized carbons (Fsp3) is 0.615. The van der Waals surface area contributed by atoms with Gasteiger partial charge in [-0.1, -0.05) is 36.0 Å². The molecule has 6 heteroatoms. The van der Waals surface area contributed by atoms with Gasteiger partial charge in [0.15, 0.2) is 0 Å². The third-order valence-electron chi connectivity index (χ3n) is 3.68. The molecular weight excluding hydrogens is 287 g/mol. The molecule has 0 spiro atoms. The van der Waals surface area contributed by atoms with Crippen molar-refractivity contribution in [2.24, 2.45) is 7.05 Å². The summed E-state index contributed by atoms with van der Waals surface area (Å²) in [7, 11) is 1.72. The molecule has 1 atom stereocenters. The Hall–Kier alpha value is -0.710. The molecule has 0 aliphatic carbocycles. The summed E-state index contributed by atoms with van der Waals surface area (Å²) in [6.07, 6.45) is 3.95. The lowest BCUT2D eigenvalue weighted by Crippen LogP contribution is -2.42. The maximum Gasteiger partial charge on any atom is 0.270 e. The molecule has 0 radical (unpaired) electrons. The molecule has 106 valence electrons. The van der Waals surface area contributed by atoms with Crippen molar-refractivity contribution in [2.45, 2.75) is 31.7 Å². The molecule has 0 saturated carbocycles. The molecule has 1 N–H and O–H groups in total. The van der Waals surface area contributed by atoms with E-state index in [1.807, 2.05) is 0 Å². The fourth-order valence-electron chi connectivity index (χ4n) is 2.53. The summed E-state index contributed by atoms with van der Waals surface area (Å²) in [6, 6.07) is 1.48. The van der Waals surface area contributed by atoms with E-state index in [1.165, 1.54) is 0 Å². The molecule has 1 aromatic rings. The van der Waals surface area contributed by atoms with Crippen LogP contribution < -0.4 is 0 Å². The molecular formula is C13H18Cl2N2O2. The zero-order valence-electron chi connectivity index (χ0n) is 10.9. The van der Waals surface area contributed by atoms with Crippen LogP contribution in [0.2, 0.25) is 10.2 Å². The lowest BCUT2D eigenvalue weighted by atomic mass is 10.1. The Bertz CT molecular complexity index is 473. The van der Waals surface area contributed by atoms with Crippen LogP contribution in [0.1, 0.15) is 36.2 Å². The van der Waals surface area contributed by atoms with Crippen LogP contribution in [0.5, 0.6) is 0 Å². The predicted molar refractivity (Wildman–Crippen MR) is 75.8 cm³/mol. The number of amides is 1. The Morgan fingerprint density at radius 1 is 1.42 bits per heavy atom. The number of carbonyl (C=O) groups is 1. The maximum atomic E-state index is 12.6. The smallest absolute Gasteiger partial charge is 0.270 e. The minimum absolute atomic E-state index is 0.00235. The van der Waals surface area contributed by atoms with Gasteiger partial charge < -0.3 is 14.6 Å². The molecule has 1 aliphatic heterocycles. The van der Waals surface area contributed by atoms with E-state index in [9.17, 15) is 9.90 Å². The van der Waals surface area contributed by atoms with Gasteiger partial charge in [-0.25, -0.2) is 0 Å². The van der Waals surface area contributed by atoms with Gasteiger partial charge >= 0.3 is 0 Å². The molecule has 1 aromatic heterocycles. The molecule has 1 saturated heterocycles. The van der Waals surface area contributed by atoms with Gasteiger partial charge in [-0.15, -0.1) is 0 Å². The number of aromatic nitrogens is 1. The van der Waals surface area contributed by atoms with Crippen molar-refractivity contribution in [3.8, 4) is 0 Å². The summed E-state index contributed by atoms with van der Waals surface area (Å²) in [5.74, 6) is -0.114. The van der Waals surface area contributed by atoms with Crippen LogP contribution in [0, 0.1) is 0 Å². The third-order valence-corrected chi connectivity index (χ3v) is 4.53. The fourth-order valence-corrected chi connectivity index (χ4v) is 2.90. The molecule has 0 aromatic carbocycles. The molecule has 2 rings (SSSR count). The summed E-state index contributed by atoms with van der Waals surface area (Å²) in [6.45, 7) is 0.669. The second kappa shape index (κ2) is 6.16. The predicted octanol–water partition coefficient (Wildman–Crippen LogP) is 2.71. The van der Waals surface area contributed by atoms with Crippen LogP contribution in [0.15, 0.2) is 6.07 Å². The molecule has 2 heterocycles. The van der Waals surface area contributed by atoms with Crippen LogP contribution in [0.3, 0.4) is 0 Å². The molecule has 1 fully saturated rings. The summed E-state index contributed by atoms with van der Waals surface area (Å²) in [4.78, 5) is 14.3. The summed E-state index contributed by atoms with van der Waals surface area (Å²) >= 11 is 11.9. The highest BCUT2D eigenvalue weighted by Gasteiger charge is 2.28. The highest BCUT2D eigenvalue weighted by Crippen LogP contribution is 2.27. The minimum atomic E-state index is -0.114. The Morgan fingerprint density at radius 2 is 2.16 bits per heavy atom. The third kappa shape index (κ3) is 2.91. The van der Waals surface area contributed by atoms with Gasteiger partial charge in [0.1, 0.15) is 10.8 Å². The van der Waals surface area contributed by atoms with E-state index in [2.05, 4.69) is 0 Å². The molecule has 4 nitrogen and oxygen atoms in total. The average Bonchev–Trinajstić information content (AvgIpc) is 2.63. The van der Waals surface area contributed by atoms with Crippen molar-refractivity contribution in [1.82, 2.24) is 9.47 Å². The van der Waals surface area contributed by atoms with Crippen molar-refractivity contribution in [3.05, 3.63) is 21.9 Å². The topological polar surface area (TPSA) is 45.5 Å². The van der Waals surface area contributed by atoms with Gasteiger partial charge in [-0.2, -0.15) is 0 Å². The SMILES string of the molecule is Cn1c(C(=O)N2CCCCCC2CO)cc(Cl)c1Cl. The van der Waals surface area contributed by atoms with Gasteiger partial charge in [0.2, 0.25) is 0 Å². The standard InChI is InChI=1S/C13H18Cl2N2O2/c1-16-11(7-10(14)12(16)15)13(19)17-6-4-2-3-5-9(17)8-18/h7,9,18H,2-6,8H2,1H3. The zero-order valence-corrected chi connectivity index (χ0v) is 12.4. The van der Waals surface area contributed by atoms with Crippen molar-refractivity contribution in [1.29, 1.82) is 0 Å². The second-order valence-electron chi connectivity index (χ2n) is 4.91. The van der Waals surface area contributed by atoms with Crippen LogP contribution in [-0.2, 0) is 7.05 Å². The van der Waals surface area contributed by atoms with Crippen LogP contribution in [0.25, 0.3) is 0 Å². The highest BCUT2D eigenvalue weighted by molar-refractivity contribution is 6.41. The molecule has 1 unspecified atom stereocenters. The Labute approximate surface area is 122 Å². The van der Waals surface area contributed by atoms with E-state index in [4.69, 9.17) is 23.2 Å². The van der Waals surface area contributed by atoms with Crippen LogP contribution in [-0.4, -0.2) is 39.7 Å². The summed E-state index contributed by atoms with van der Waals surface area (Å²) in [5.41, 5.74) is 0.468. The largest absolute Gasteiger partial charge is 0.394 e. The number of halogens is 2. The normalized spacial score (nSPS) is 20.4. The quantitative estimate of drug-likeness (QED) is 0.913. The van der Waals surface area contributed by atoms with E-state index in [0.717, 1.165) is 25.7 Å². The first-order valence-electron chi connectivity index (χ1n) is 6.48. The molecule has 19 heavy (non-hydrogen) atoms. The van der Waals surface area contributed by atoms with Crippen LogP contribution in [0.4, 0.5) is 0 Å². The molecule has 1 amide bonds. The lowest BCUT2D eigenvalue weighted by molar-refractivity contribution is 0.0590. The number of aliphatic hydroxyl groups is 1. The van der Waals surface area contributed by atoms with E-state index in [1.54, 1.807) is 22.6 Å². The zero-order chi connectivity index (χ0) is 14.0. The number of hydrogen-bond donors (Lipinski definition) is 1. The van der Waals surface area contributed by atoms with Gasteiger partial charge in [-0.3, -0.25) is 4.79 Å². The number of hydrogen-bond acceptors (Lipinski definition) is 2. The Morgan fingerprint density at radius 3 is 2.74 bits per heavy atom. The minimum Gasteiger partial charge on any atom is -0.394 e. The lowest BCUT2D eigenvalue weighted by Gasteiger charge is -2.28. The number of carbonyl (C=O) groups excluding carboxylic acids is 1. The summed E-state index contributed by atoms with van der Waals surface area (Å²) in [5, 5.41) is 10.2. The van der Waals surface area contributed by atoms with E-state index in [-0.39, 0.29) is 18.6 Å². The van der Waals surface area contributed by atoms with Gasteiger partial charge in [0, 0.05) is 13.6 Å². The first-order chi connectivity index (χ1) is 9.06. The number of rotatable bonds is 2. The molecule has 1 aliphatic rings. The maximum absolute atomic E-state index is 12.6.